The monoisotopic (exact) mass is 279 g/mol. The van der Waals surface area contributed by atoms with E-state index in [1.54, 1.807) is 24.8 Å². The zero-order valence-corrected chi connectivity index (χ0v) is 12.4. The van der Waals surface area contributed by atoms with E-state index in [0.29, 0.717) is 29.9 Å². The van der Waals surface area contributed by atoms with Crippen LogP contribution < -0.4 is 0 Å². The zero-order valence-electron chi connectivity index (χ0n) is 12.4. The van der Waals surface area contributed by atoms with E-state index in [1.165, 1.54) is 0 Å². The fourth-order valence-electron chi connectivity index (χ4n) is 2.13. The van der Waals surface area contributed by atoms with Gasteiger partial charge in [0, 0.05) is 12.6 Å². The minimum absolute atomic E-state index is 0.0709. The summed E-state index contributed by atoms with van der Waals surface area (Å²) in [6.45, 7) is 7.72. The van der Waals surface area contributed by atoms with Crippen molar-refractivity contribution >= 4 is 11.9 Å². The van der Waals surface area contributed by atoms with Gasteiger partial charge in [-0.2, -0.15) is 10.2 Å². The Bertz CT molecular complexity index is 502. The molecule has 0 aromatic carbocycles. The molecule has 1 heterocycles. The van der Waals surface area contributed by atoms with E-state index in [-0.39, 0.29) is 18.4 Å². The second kappa shape index (κ2) is 6.98. The molecule has 0 saturated carbocycles. The number of hydrogen-bond donors (Lipinski definition) is 1. The quantitative estimate of drug-likeness (QED) is 0.856. The van der Waals surface area contributed by atoms with E-state index < -0.39 is 5.97 Å². The van der Waals surface area contributed by atoms with E-state index in [1.807, 2.05) is 13.8 Å². The summed E-state index contributed by atoms with van der Waals surface area (Å²) >= 11 is 0. The Kier molecular flexibility index (Phi) is 5.61. The Morgan fingerprint density at radius 2 is 2.00 bits per heavy atom. The molecule has 20 heavy (non-hydrogen) atoms. The Hall–Kier alpha value is -1.98. The molecule has 1 amide bonds. The fourth-order valence-corrected chi connectivity index (χ4v) is 2.13. The summed E-state index contributed by atoms with van der Waals surface area (Å²) in [4.78, 5) is 25.0. The number of nitrogens with zero attached hydrogens (tertiary/aromatic N) is 3. The molecule has 1 aromatic rings. The Morgan fingerprint density at radius 3 is 2.50 bits per heavy atom. The maximum Gasteiger partial charge on any atom is 0.305 e. The maximum atomic E-state index is 12.6. The number of aliphatic carboxylic acids is 1. The van der Waals surface area contributed by atoms with Crippen LogP contribution in [-0.4, -0.2) is 44.7 Å². The number of carboxylic acid groups (broad SMARTS) is 1. The average Bonchev–Trinajstić information content (AvgIpc) is 2.38. The molecule has 1 unspecified atom stereocenters. The molecule has 0 radical (unpaired) electrons. The van der Waals surface area contributed by atoms with E-state index in [4.69, 9.17) is 5.11 Å². The molecular weight excluding hydrogens is 258 g/mol. The van der Waals surface area contributed by atoms with Crippen molar-refractivity contribution in [2.24, 2.45) is 0 Å². The number of hydrogen-bond acceptors (Lipinski definition) is 4. The van der Waals surface area contributed by atoms with Crippen LogP contribution in [-0.2, 0) is 11.2 Å². The molecule has 0 fully saturated rings. The van der Waals surface area contributed by atoms with Gasteiger partial charge < -0.3 is 10.0 Å². The third-order valence-electron chi connectivity index (χ3n) is 3.16. The van der Waals surface area contributed by atoms with Crippen LogP contribution in [0.3, 0.4) is 0 Å². The number of aromatic nitrogens is 2. The number of aryl methyl sites for hydroxylation is 2. The first-order valence-corrected chi connectivity index (χ1v) is 6.76. The number of rotatable bonds is 6. The van der Waals surface area contributed by atoms with Gasteiger partial charge in [0.1, 0.15) is 0 Å². The summed E-state index contributed by atoms with van der Waals surface area (Å²) in [5, 5.41) is 16.9. The van der Waals surface area contributed by atoms with Gasteiger partial charge in [0.05, 0.1) is 23.4 Å². The standard InChI is InChI=1S/C14H21N3O3/c1-5-12-11(7-9(3)15-16-12)14(20)17(6-2)10(4)8-13(18)19/h7,10H,5-6,8H2,1-4H3,(H,18,19). The van der Waals surface area contributed by atoms with Crippen LogP contribution in [0.2, 0.25) is 0 Å². The Balaban J connectivity index is 3.07. The molecule has 0 aliphatic carbocycles. The van der Waals surface area contributed by atoms with Crippen molar-refractivity contribution in [1.29, 1.82) is 0 Å². The molecule has 6 heteroatoms. The van der Waals surface area contributed by atoms with Gasteiger partial charge in [0.2, 0.25) is 0 Å². The highest BCUT2D eigenvalue weighted by Crippen LogP contribution is 2.14. The first-order chi connectivity index (χ1) is 9.40. The van der Waals surface area contributed by atoms with Crippen molar-refractivity contribution in [3.05, 3.63) is 23.0 Å². The Labute approximate surface area is 118 Å². The second-order valence-electron chi connectivity index (χ2n) is 4.74. The molecule has 1 atom stereocenters. The van der Waals surface area contributed by atoms with Crippen LogP contribution >= 0.6 is 0 Å². The van der Waals surface area contributed by atoms with Crippen molar-refractivity contribution in [3.8, 4) is 0 Å². The lowest BCUT2D eigenvalue weighted by molar-refractivity contribution is -0.138. The lowest BCUT2D eigenvalue weighted by atomic mass is 10.1. The highest BCUT2D eigenvalue weighted by atomic mass is 16.4. The molecule has 0 bridgehead atoms. The normalized spacial score (nSPS) is 12.0. The maximum absolute atomic E-state index is 12.6. The number of carboxylic acids is 1. The molecule has 0 spiro atoms. The van der Waals surface area contributed by atoms with Gasteiger partial charge in [0.25, 0.3) is 5.91 Å². The summed E-state index contributed by atoms with van der Waals surface area (Å²) in [6.07, 6.45) is 0.539. The van der Waals surface area contributed by atoms with Crippen molar-refractivity contribution in [3.63, 3.8) is 0 Å². The molecule has 0 aliphatic heterocycles. The van der Waals surface area contributed by atoms with Crippen molar-refractivity contribution in [1.82, 2.24) is 15.1 Å². The highest BCUT2D eigenvalue weighted by Gasteiger charge is 2.24. The summed E-state index contributed by atoms with van der Waals surface area (Å²) in [5.41, 5.74) is 1.83. The predicted octanol–water partition coefficient (Wildman–Crippen LogP) is 1.67. The summed E-state index contributed by atoms with van der Waals surface area (Å²) < 4.78 is 0. The molecular formula is C14H21N3O3. The SMILES string of the molecule is CCc1nnc(C)cc1C(=O)N(CC)C(C)CC(=O)O. The van der Waals surface area contributed by atoms with Crippen LogP contribution in [0.25, 0.3) is 0 Å². The minimum atomic E-state index is -0.913. The van der Waals surface area contributed by atoms with Crippen molar-refractivity contribution in [2.75, 3.05) is 6.54 Å². The summed E-state index contributed by atoms with van der Waals surface area (Å²) in [5.74, 6) is -1.10. The van der Waals surface area contributed by atoms with Crippen LogP contribution in [0.5, 0.6) is 0 Å². The molecule has 1 aromatic heterocycles. The summed E-state index contributed by atoms with van der Waals surface area (Å²) in [7, 11) is 0. The first-order valence-electron chi connectivity index (χ1n) is 6.76. The smallest absolute Gasteiger partial charge is 0.305 e. The second-order valence-corrected chi connectivity index (χ2v) is 4.74. The number of carbonyl (C=O) groups is 2. The number of amides is 1. The zero-order chi connectivity index (χ0) is 15.3. The first kappa shape index (κ1) is 16.1. The predicted molar refractivity (Wildman–Crippen MR) is 74.6 cm³/mol. The fraction of sp³-hybridized carbons (Fsp3) is 0.571. The van der Waals surface area contributed by atoms with Crippen molar-refractivity contribution < 1.29 is 14.7 Å². The minimum Gasteiger partial charge on any atom is -0.481 e. The molecule has 0 aliphatic rings. The van der Waals surface area contributed by atoms with Gasteiger partial charge in [-0.1, -0.05) is 6.92 Å². The lowest BCUT2D eigenvalue weighted by Crippen LogP contribution is -2.40. The largest absolute Gasteiger partial charge is 0.481 e. The topological polar surface area (TPSA) is 83.4 Å². The number of carbonyl (C=O) groups excluding carboxylic acids is 1. The van der Waals surface area contributed by atoms with Gasteiger partial charge in [-0.15, -0.1) is 0 Å². The molecule has 1 N–H and O–H groups in total. The van der Waals surface area contributed by atoms with E-state index in [0.717, 1.165) is 0 Å². The van der Waals surface area contributed by atoms with E-state index in [9.17, 15) is 9.59 Å². The van der Waals surface area contributed by atoms with Crippen LogP contribution in [0.4, 0.5) is 0 Å². The van der Waals surface area contributed by atoms with Gasteiger partial charge in [-0.05, 0) is 33.3 Å². The van der Waals surface area contributed by atoms with Crippen LogP contribution in [0.1, 0.15) is 48.9 Å². The average molecular weight is 279 g/mol. The lowest BCUT2D eigenvalue weighted by Gasteiger charge is -2.27. The van der Waals surface area contributed by atoms with Crippen LogP contribution in [0, 0.1) is 6.92 Å². The molecule has 0 saturated heterocycles. The van der Waals surface area contributed by atoms with Gasteiger partial charge in [-0.3, -0.25) is 9.59 Å². The third kappa shape index (κ3) is 3.76. The van der Waals surface area contributed by atoms with Gasteiger partial charge in [0.15, 0.2) is 0 Å². The third-order valence-corrected chi connectivity index (χ3v) is 3.16. The van der Waals surface area contributed by atoms with E-state index in [2.05, 4.69) is 10.2 Å². The molecule has 6 nitrogen and oxygen atoms in total. The molecule has 1 rings (SSSR count). The summed E-state index contributed by atoms with van der Waals surface area (Å²) in [6, 6.07) is 1.35. The Morgan fingerprint density at radius 1 is 1.35 bits per heavy atom. The van der Waals surface area contributed by atoms with Crippen molar-refractivity contribution in [2.45, 2.75) is 46.6 Å². The molecule has 110 valence electrons. The van der Waals surface area contributed by atoms with Gasteiger partial charge in [-0.25, -0.2) is 0 Å². The van der Waals surface area contributed by atoms with E-state index >= 15 is 0 Å². The highest BCUT2D eigenvalue weighted by molar-refractivity contribution is 5.95. The van der Waals surface area contributed by atoms with Gasteiger partial charge >= 0.3 is 5.97 Å². The van der Waals surface area contributed by atoms with Crippen LogP contribution in [0.15, 0.2) is 6.07 Å².